The molecule has 1 nitrogen and oxygen atoms in total. The Bertz CT molecular complexity index is 136. The predicted molar refractivity (Wildman–Crippen MR) is 63.5 cm³/mol. The molecule has 1 heteroatoms. The minimum Gasteiger partial charge on any atom is -0.312 e. The minimum absolute atomic E-state index is 0.688. The molecule has 0 saturated heterocycles. The lowest BCUT2D eigenvalue weighted by Gasteiger charge is -2.26. The van der Waals surface area contributed by atoms with Gasteiger partial charge in [-0.2, -0.15) is 0 Å². The number of rotatable bonds is 4. The van der Waals surface area contributed by atoms with Gasteiger partial charge in [0.15, 0.2) is 0 Å². The summed E-state index contributed by atoms with van der Waals surface area (Å²) in [6.45, 7) is 6.94. The minimum atomic E-state index is 0.688. The van der Waals surface area contributed by atoms with Crippen molar-refractivity contribution in [3.63, 3.8) is 0 Å². The van der Waals surface area contributed by atoms with Crippen molar-refractivity contribution in [1.82, 2.24) is 5.32 Å². The average molecular weight is 197 g/mol. The van der Waals surface area contributed by atoms with Gasteiger partial charge < -0.3 is 5.32 Å². The first kappa shape index (κ1) is 12.0. The third-order valence-electron chi connectivity index (χ3n) is 3.77. The normalized spacial score (nSPS) is 24.2. The molecule has 14 heavy (non-hydrogen) atoms. The molecule has 0 aromatic carbocycles. The van der Waals surface area contributed by atoms with Gasteiger partial charge in [-0.3, -0.25) is 0 Å². The van der Waals surface area contributed by atoms with Gasteiger partial charge >= 0.3 is 0 Å². The largest absolute Gasteiger partial charge is 0.312 e. The van der Waals surface area contributed by atoms with Crippen LogP contribution < -0.4 is 5.32 Å². The second-order valence-electron chi connectivity index (χ2n) is 5.02. The van der Waals surface area contributed by atoms with Gasteiger partial charge in [-0.15, -0.1) is 0 Å². The number of hydrogen-bond acceptors (Lipinski definition) is 1. The Labute approximate surface area is 89.7 Å². The molecule has 2 atom stereocenters. The van der Waals surface area contributed by atoms with Crippen molar-refractivity contribution in [3.8, 4) is 0 Å². The Hall–Kier alpha value is -0.0400. The molecule has 1 aliphatic carbocycles. The highest BCUT2D eigenvalue weighted by molar-refractivity contribution is 4.76. The maximum atomic E-state index is 3.73. The summed E-state index contributed by atoms with van der Waals surface area (Å²) in [5.41, 5.74) is 0. The molecular weight excluding hydrogens is 170 g/mol. The maximum absolute atomic E-state index is 3.73. The summed E-state index contributed by atoms with van der Waals surface area (Å²) < 4.78 is 0. The molecule has 0 aromatic heterocycles. The van der Waals surface area contributed by atoms with E-state index in [0.717, 1.165) is 12.0 Å². The van der Waals surface area contributed by atoms with Crippen molar-refractivity contribution in [2.45, 2.75) is 77.8 Å². The first-order valence-electron chi connectivity index (χ1n) is 6.50. The molecule has 0 aromatic rings. The van der Waals surface area contributed by atoms with Crippen LogP contribution in [-0.4, -0.2) is 12.1 Å². The van der Waals surface area contributed by atoms with Gasteiger partial charge in [-0.1, -0.05) is 32.6 Å². The molecule has 0 amide bonds. The first-order chi connectivity index (χ1) is 6.74. The average Bonchev–Trinajstić information content (AvgIpc) is 2.45. The number of nitrogens with one attached hydrogen (secondary N) is 1. The Balaban J connectivity index is 2.30. The summed E-state index contributed by atoms with van der Waals surface area (Å²) in [6.07, 6.45) is 9.99. The van der Waals surface area contributed by atoms with E-state index in [9.17, 15) is 0 Å². The Morgan fingerprint density at radius 2 is 1.64 bits per heavy atom. The highest BCUT2D eigenvalue weighted by atomic mass is 14.9. The van der Waals surface area contributed by atoms with Crippen molar-refractivity contribution in [3.05, 3.63) is 0 Å². The van der Waals surface area contributed by atoms with E-state index >= 15 is 0 Å². The van der Waals surface area contributed by atoms with Crippen LogP contribution in [0.1, 0.15) is 65.7 Å². The zero-order valence-electron chi connectivity index (χ0n) is 10.2. The molecule has 1 rings (SSSR count). The fourth-order valence-corrected chi connectivity index (χ4v) is 2.51. The van der Waals surface area contributed by atoms with E-state index < -0.39 is 0 Å². The Morgan fingerprint density at radius 1 is 1.07 bits per heavy atom. The molecule has 1 saturated carbocycles. The number of hydrogen-bond donors (Lipinski definition) is 1. The highest BCUT2D eigenvalue weighted by Crippen LogP contribution is 2.25. The third-order valence-corrected chi connectivity index (χ3v) is 3.77. The van der Waals surface area contributed by atoms with E-state index in [-0.39, 0.29) is 0 Å². The smallest absolute Gasteiger partial charge is 0.00694 e. The summed E-state index contributed by atoms with van der Waals surface area (Å²) in [5, 5.41) is 3.73. The van der Waals surface area contributed by atoms with Crippen molar-refractivity contribution in [2.75, 3.05) is 0 Å². The van der Waals surface area contributed by atoms with Crippen LogP contribution in [0.5, 0.6) is 0 Å². The van der Waals surface area contributed by atoms with Gasteiger partial charge in [0.2, 0.25) is 0 Å². The highest BCUT2D eigenvalue weighted by Gasteiger charge is 2.19. The van der Waals surface area contributed by atoms with Gasteiger partial charge in [-0.05, 0) is 39.0 Å². The van der Waals surface area contributed by atoms with Gasteiger partial charge in [0, 0.05) is 12.1 Å². The lowest BCUT2D eigenvalue weighted by atomic mass is 9.92. The lowest BCUT2D eigenvalue weighted by Crippen LogP contribution is -2.39. The molecule has 0 heterocycles. The summed E-state index contributed by atoms with van der Waals surface area (Å²) in [5.74, 6) is 0.937. The van der Waals surface area contributed by atoms with Gasteiger partial charge in [0.1, 0.15) is 0 Å². The molecule has 1 aliphatic rings. The fraction of sp³-hybridized carbons (Fsp3) is 1.00. The molecule has 0 radical (unpaired) electrons. The second kappa shape index (κ2) is 6.44. The Morgan fingerprint density at radius 3 is 2.14 bits per heavy atom. The molecule has 1 N–H and O–H groups in total. The topological polar surface area (TPSA) is 12.0 Å². The van der Waals surface area contributed by atoms with Crippen molar-refractivity contribution in [2.24, 2.45) is 5.92 Å². The molecule has 0 bridgehead atoms. The summed E-state index contributed by atoms with van der Waals surface area (Å²) >= 11 is 0. The molecule has 0 spiro atoms. The molecule has 1 fully saturated rings. The quantitative estimate of drug-likeness (QED) is 0.677. The standard InChI is InChI=1S/C13H27N/c1-4-11(2)14-12(3)13-9-7-5-6-8-10-13/h11-14H,4-10H2,1-3H3/t11?,12-/m1/s1. The van der Waals surface area contributed by atoms with Crippen LogP contribution in [0.15, 0.2) is 0 Å². The zero-order valence-corrected chi connectivity index (χ0v) is 10.2. The van der Waals surface area contributed by atoms with Gasteiger partial charge in [0.05, 0.1) is 0 Å². The van der Waals surface area contributed by atoms with E-state index in [0.29, 0.717) is 6.04 Å². The van der Waals surface area contributed by atoms with Crippen LogP contribution in [0.3, 0.4) is 0 Å². The predicted octanol–water partition coefficient (Wildman–Crippen LogP) is 3.73. The molecule has 1 unspecified atom stereocenters. The van der Waals surface area contributed by atoms with Crippen LogP contribution in [0.2, 0.25) is 0 Å². The van der Waals surface area contributed by atoms with Crippen LogP contribution >= 0.6 is 0 Å². The fourth-order valence-electron chi connectivity index (χ4n) is 2.51. The molecule has 0 aliphatic heterocycles. The van der Waals surface area contributed by atoms with Gasteiger partial charge in [-0.25, -0.2) is 0 Å². The monoisotopic (exact) mass is 197 g/mol. The van der Waals surface area contributed by atoms with E-state index in [4.69, 9.17) is 0 Å². The van der Waals surface area contributed by atoms with E-state index in [1.165, 1.54) is 44.9 Å². The third kappa shape index (κ3) is 4.00. The summed E-state index contributed by atoms with van der Waals surface area (Å²) in [7, 11) is 0. The molecule has 84 valence electrons. The maximum Gasteiger partial charge on any atom is 0.00694 e. The SMILES string of the molecule is CCC(C)N[C@H](C)C1CCCCCC1. The zero-order chi connectivity index (χ0) is 10.4. The van der Waals surface area contributed by atoms with Crippen LogP contribution in [0, 0.1) is 5.92 Å². The van der Waals surface area contributed by atoms with Crippen molar-refractivity contribution < 1.29 is 0 Å². The van der Waals surface area contributed by atoms with Crippen LogP contribution in [-0.2, 0) is 0 Å². The first-order valence-corrected chi connectivity index (χ1v) is 6.50. The lowest BCUT2D eigenvalue weighted by molar-refractivity contribution is 0.312. The second-order valence-corrected chi connectivity index (χ2v) is 5.02. The molecular formula is C13H27N. The Kier molecular flexibility index (Phi) is 5.54. The summed E-state index contributed by atoms with van der Waals surface area (Å²) in [6, 6.07) is 1.41. The van der Waals surface area contributed by atoms with E-state index in [1.54, 1.807) is 0 Å². The van der Waals surface area contributed by atoms with E-state index in [1.807, 2.05) is 0 Å². The van der Waals surface area contributed by atoms with Crippen LogP contribution in [0.25, 0.3) is 0 Å². The van der Waals surface area contributed by atoms with Crippen molar-refractivity contribution in [1.29, 1.82) is 0 Å². The van der Waals surface area contributed by atoms with Gasteiger partial charge in [0.25, 0.3) is 0 Å². The summed E-state index contributed by atoms with van der Waals surface area (Å²) in [4.78, 5) is 0. The van der Waals surface area contributed by atoms with Crippen LogP contribution in [0.4, 0.5) is 0 Å². The van der Waals surface area contributed by atoms with E-state index in [2.05, 4.69) is 26.1 Å². The van der Waals surface area contributed by atoms with Crippen molar-refractivity contribution >= 4 is 0 Å².